The molecule has 5 rings (SSSR count). The van der Waals surface area contributed by atoms with Gasteiger partial charge in [0.15, 0.2) is 0 Å². The zero-order chi connectivity index (χ0) is 30.3. The number of piperazine rings is 1. The number of allylic oxidation sites excluding steroid dienone is 3. The van der Waals surface area contributed by atoms with Gasteiger partial charge in [0, 0.05) is 58.8 Å². The lowest BCUT2D eigenvalue weighted by atomic mass is 9.85. The topological polar surface area (TPSA) is 51.5 Å². The van der Waals surface area contributed by atoms with E-state index >= 15 is 0 Å². The van der Waals surface area contributed by atoms with E-state index in [-0.39, 0.29) is 23.6 Å². The highest BCUT2D eigenvalue weighted by Gasteiger charge is 2.26. The molecule has 0 aliphatic carbocycles. The molecule has 1 saturated heterocycles. The van der Waals surface area contributed by atoms with E-state index in [0.717, 1.165) is 65.6 Å². The fourth-order valence-corrected chi connectivity index (χ4v) is 5.96. The third-order valence-corrected chi connectivity index (χ3v) is 8.31. The van der Waals surface area contributed by atoms with Crippen molar-refractivity contribution in [2.75, 3.05) is 40.3 Å². The Balaban J connectivity index is 1.22. The monoisotopic (exact) mass is 585 g/mol. The molecule has 226 valence electrons. The van der Waals surface area contributed by atoms with Gasteiger partial charge in [-0.05, 0) is 85.7 Å². The van der Waals surface area contributed by atoms with Crippen LogP contribution in [0, 0.1) is 11.6 Å². The molecule has 0 bridgehead atoms. The van der Waals surface area contributed by atoms with Gasteiger partial charge in [-0.1, -0.05) is 35.9 Å². The van der Waals surface area contributed by atoms with Gasteiger partial charge in [-0.2, -0.15) is 0 Å². The Morgan fingerprint density at radius 3 is 2.23 bits per heavy atom. The van der Waals surface area contributed by atoms with Crippen LogP contribution in [0.4, 0.5) is 8.78 Å². The van der Waals surface area contributed by atoms with Gasteiger partial charge >= 0.3 is 0 Å². The van der Waals surface area contributed by atoms with E-state index in [2.05, 4.69) is 30.1 Å². The summed E-state index contributed by atoms with van der Waals surface area (Å²) in [6.07, 6.45) is 10.9. The van der Waals surface area contributed by atoms with Crippen molar-refractivity contribution in [3.63, 3.8) is 0 Å². The highest BCUT2D eigenvalue weighted by molar-refractivity contribution is 6.05. The molecule has 8 heteroatoms. The summed E-state index contributed by atoms with van der Waals surface area (Å²) in [4.78, 5) is 29.5. The van der Waals surface area contributed by atoms with Crippen molar-refractivity contribution >= 4 is 23.0 Å². The SMILES string of the molecule is CC1=C(c2ccc(F)cc2)C(CCCC(=O)N2CCN(C3=CCCC=CC(N(C)C)=N3)CC2)N=C(c2ccc(F)cc2)C1. The van der Waals surface area contributed by atoms with E-state index in [1.165, 1.54) is 24.3 Å². The van der Waals surface area contributed by atoms with Crippen LogP contribution in [-0.2, 0) is 4.79 Å². The van der Waals surface area contributed by atoms with Crippen LogP contribution in [-0.4, -0.2) is 78.5 Å². The fourth-order valence-electron chi connectivity index (χ4n) is 5.96. The Bertz CT molecular complexity index is 1450. The fraction of sp³-hybridized carbons (Fsp3) is 0.400. The standard InChI is InChI=1S/C35H41F2N5O/c1-25-24-31(26-12-16-28(36)17-13-26)38-30(35(25)27-14-18-29(37)19-15-27)8-7-11-34(43)42-22-20-41(21-23-42)33-10-6-4-5-9-32(39-33)40(2)3/h5,9-10,12-19,30H,4,6-8,11,20-24H2,1-3H3. The first-order valence-corrected chi connectivity index (χ1v) is 15.2. The average Bonchev–Trinajstić information content (AvgIpc) is 2.98. The molecular weight excluding hydrogens is 544 g/mol. The number of likely N-dealkylation sites (N-methyl/N-ethyl adjacent to an activating group) is 1. The van der Waals surface area contributed by atoms with E-state index in [1.807, 2.05) is 23.9 Å². The summed E-state index contributed by atoms with van der Waals surface area (Å²) in [5, 5.41) is 0. The number of carbonyl (C=O) groups is 1. The summed E-state index contributed by atoms with van der Waals surface area (Å²) in [6, 6.07) is 12.8. The first-order valence-electron chi connectivity index (χ1n) is 15.2. The number of amidine groups is 1. The Labute approximate surface area is 253 Å². The van der Waals surface area contributed by atoms with Crippen molar-refractivity contribution in [1.29, 1.82) is 0 Å². The first-order chi connectivity index (χ1) is 20.8. The normalized spacial score (nSPS) is 19.4. The lowest BCUT2D eigenvalue weighted by Gasteiger charge is -2.36. The van der Waals surface area contributed by atoms with Crippen LogP contribution in [0.3, 0.4) is 0 Å². The van der Waals surface area contributed by atoms with Gasteiger partial charge in [-0.25, -0.2) is 13.8 Å². The zero-order valence-corrected chi connectivity index (χ0v) is 25.4. The molecule has 3 aliphatic rings. The molecule has 1 amide bonds. The Morgan fingerprint density at radius 1 is 0.930 bits per heavy atom. The van der Waals surface area contributed by atoms with Crippen LogP contribution in [0.2, 0.25) is 0 Å². The van der Waals surface area contributed by atoms with Gasteiger partial charge < -0.3 is 14.7 Å². The third-order valence-electron chi connectivity index (χ3n) is 8.31. The first kappa shape index (κ1) is 30.4. The molecule has 0 saturated carbocycles. The number of aliphatic imine (C=N–C) groups is 2. The number of dihydropyridines is 1. The maximum atomic E-state index is 13.7. The van der Waals surface area contributed by atoms with E-state index < -0.39 is 0 Å². The molecular formula is C35H41F2N5O. The quantitative estimate of drug-likeness (QED) is 0.375. The number of carbonyl (C=O) groups excluding carboxylic acids is 1. The zero-order valence-electron chi connectivity index (χ0n) is 25.4. The van der Waals surface area contributed by atoms with Gasteiger partial charge in [0.05, 0.1) is 6.04 Å². The number of halogens is 2. The lowest BCUT2D eigenvalue weighted by molar-refractivity contribution is -0.132. The van der Waals surface area contributed by atoms with Gasteiger partial charge in [0.25, 0.3) is 0 Å². The second kappa shape index (κ2) is 13.9. The number of benzene rings is 2. The number of amides is 1. The van der Waals surface area contributed by atoms with Crippen molar-refractivity contribution in [3.05, 3.63) is 101 Å². The van der Waals surface area contributed by atoms with E-state index in [4.69, 9.17) is 9.98 Å². The highest BCUT2D eigenvalue weighted by Crippen LogP contribution is 2.34. The molecule has 3 aliphatic heterocycles. The summed E-state index contributed by atoms with van der Waals surface area (Å²) in [7, 11) is 4.00. The lowest BCUT2D eigenvalue weighted by Crippen LogP contribution is -2.48. The van der Waals surface area contributed by atoms with Crippen LogP contribution in [0.5, 0.6) is 0 Å². The van der Waals surface area contributed by atoms with Crippen LogP contribution in [0.1, 0.15) is 56.6 Å². The smallest absolute Gasteiger partial charge is 0.222 e. The minimum atomic E-state index is -0.278. The molecule has 0 spiro atoms. The minimum Gasteiger partial charge on any atom is -0.363 e. The maximum Gasteiger partial charge on any atom is 0.222 e. The van der Waals surface area contributed by atoms with Gasteiger partial charge in [0.1, 0.15) is 23.3 Å². The molecule has 1 unspecified atom stereocenters. The molecule has 2 aromatic carbocycles. The summed E-state index contributed by atoms with van der Waals surface area (Å²) >= 11 is 0. The van der Waals surface area contributed by atoms with E-state index in [9.17, 15) is 13.6 Å². The number of nitrogens with zero attached hydrogens (tertiary/aromatic N) is 5. The number of hydrogen-bond acceptors (Lipinski definition) is 5. The predicted octanol–water partition coefficient (Wildman–Crippen LogP) is 6.47. The summed E-state index contributed by atoms with van der Waals surface area (Å²) in [5.74, 6) is 1.53. The molecule has 1 fully saturated rings. The van der Waals surface area contributed by atoms with Gasteiger partial charge in [-0.3, -0.25) is 9.79 Å². The second-order valence-corrected chi connectivity index (χ2v) is 11.6. The van der Waals surface area contributed by atoms with Crippen molar-refractivity contribution in [1.82, 2.24) is 14.7 Å². The average molecular weight is 586 g/mol. The third kappa shape index (κ3) is 7.66. The largest absolute Gasteiger partial charge is 0.363 e. The van der Waals surface area contributed by atoms with Crippen molar-refractivity contribution in [3.8, 4) is 0 Å². The highest BCUT2D eigenvalue weighted by atomic mass is 19.1. The molecule has 0 aromatic heterocycles. The van der Waals surface area contributed by atoms with Crippen molar-refractivity contribution in [2.24, 2.45) is 9.98 Å². The van der Waals surface area contributed by atoms with Gasteiger partial charge in [0.2, 0.25) is 5.91 Å². The molecule has 0 radical (unpaired) electrons. The molecule has 3 heterocycles. The Kier molecular flexibility index (Phi) is 9.85. The van der Waals surface area contributed by atoms with Crippen molar-refractivity contribution in [2.45, 2.75) is 51.5 Å². The summed E-state index contributed by atoms with van der Waals surface area (Å²) < 4.78 is 27.3. The Morgan fingerprint density at radius 2 is 1.58 bits per heavy atom. The molecule has 43 heavy (non-hydrogen) atoms. The second-order valence-electron chi connectivity index (χ2n) is 11.6. The van der Waals surface area contributed by atoms with Crippen LogP contribution < -0.4 is 0 Å². The Hall–Kier alpha value is -4.07. The maximum absolute atomic E-state index is 13.7. The molecule has 0 N–H and O–H groups in total. The summed E-state index contributed by atoms with van der Waals surface area (Å²) in [5.41, 5.74) is 5.01. The summed E-state index contributed by atoms with van der Waals surface area (Å²) in [6.45, 7) is 4.96. The van der Waals surface area contributed by atoms with Crippen LogP contribution in [0.25, 0.3) is 5.57 Å². The van der Waals surface area contributed by atoms with Crippen LogP contribution in [0.15, 0.2) is 88.1 Å². The van der Waals surface area contributed by atoms with E-state index in [1.54, 1.807) is 24.3 Å². The predicted molar refractivity (Wildman–Crippen MR) is 170 cm³/mol. The molecule has 2 aromatic rings. The van der Waals surface area contributed by atoms with Gasteiger partial charge in [-0.15, -0.1) is 0 Å². The molecule has 6 nitrogen and oxygen atoms in total. The number of hydrogen-bond donors (Lipinski definition) is 0. The van der Waals surface area contributed by atoms with E-state index in [0.29, 0.717) is 38.8 Å². The minimum absolute atomic E-state index is 0.159. The number of rotatable bonds is 7. The van der Waals surface area contributed by atoms with Crippen molar-refractivity contribution < 1.29 is 13.6 Å². The molecule has 1 atom stereocenters. The van der Waals surface area contributed by atoms with Crippen LogP contribution >= 0.6 is 0 Å².